The molecule has 0 aliphatic heterocycles. The lowest BCUT2D eigenvalue weighted by Gasteiger charge is -2.35. The minimum absolute atomic E-state index is 0.0535. The van der Waals surface area contributed by atoms with Crippen molar-refractivity contribution in [2.45, 2.75) is 64.2 Å². The summed E-state index contributed by atoms with van der Waals surface area (Å²) in [5, 5.41) is 1.75. The van der Waals surface area contributed by atoms with Crippen LogP contribution in [0.25, 0.3) is 0 Å². The molecule has 1 heterocycles. The molecule has 0 spiro atoms. The van der Waals surface area contributed by atoms with Crippen molar-refractivity contribution in [1.82, 2.24) is 4.90 Å². The predicted octanol–water partition coefficient (Wildman–Crippen LogP) is 3.65. The van der Waals surface area contributed by atoms with E-state index >= 15 is 0 Å². The summed E-state index contributed by atoms with van der Waals surface area (Å²) in [5.41, 5.74) is -0.528. The predicted molar refractivity (Wildman–Crippen MR) is 94.8 cm³/mol. The number of esters is 1. The lowest BCUT2D eigenvalue weighted by Crippen LogP contribution is -2.43. The highest BCUT2D eigenvalue weighted by Gasteiger charge is 2.31. The molecule has 0 radical (unpaired) electrons. The van der Waals surface area contributed by atoms with E-state index in [-0.39, 0.29) is 18.2 Å². The van der Waals surface area contributed by atoms with E-state index in [4.69, 9.17) is 9.47 Å². The first-order chi connectivity index (χ1) is 11.7. The summed E-state index contributed by atoms with van der Waals surface area (Å²) in [4.78, 5) is 38.0. The zero-order chi connectivity index (χ0) is 18.6. The molecule has 1 aliphatic rings. The molecule has 1 amide bonds. The smallest absolute Gasteiger partial charge is 0.410 e. The van der Waals surface area contributed by atoms with Crippen LogP contribution in [0.1, 0.15) is 56.1 Å². The van der Waals surface area contributed by atoms with E-state index in [0.717, 1.165) is 0 Å². The number of rotatable bonds is 4. The van der Waals surface area contributed by atoms with Gasteiger partial charge in [0.1, 0.15) is 11.7 Å². The fourth-order valence-corrected chi connectivity index (χ4v) is 3.40. The fourth-order valence-electron chi connectivity index (χ4n) is 2.75. The Bertz CT molecular complexity index is 612. The van der Waals surface area contributed by atoms with Gasteiger partial charge >= 0.3 is 12.1 Å². The van der Waals surface area contributed by atoms with Gasteiger partial charge in [0.15, 0.2) is 0 Å². The molecule has 7 heteroatoms. The van der Waals surface area contributed by atoms with Gasteiger partial charge in [-0.15, -0.1) is 11.3 Å². The largest absolute Gasteiger partial charge is 0.456 e. The van der Waals surface area contributed by atoms with Crippen LogP contribution in [0.2, 0.25) is 0 Å². The Balaban J connectivity index is 1.80. The normalized spacial score (nSPS) is 20.6. The van der Waals surface area contributed by atoms with Crippen molar-refractivity contribution in [3.63, 3.8) is 0 Å². The second kappa shape index (κ2) is 7.99. The molecular formula is C18H25NO5S. The minimum atomic E-state index is -0.800. The molecule has 0 saturated heterocycles. The van der Waals surface area contributed by atoms with Gasteiger partial charge in [-0.2, -0.15) is 0 Å². The Labute approximate surface area is 152 Å². The molecule has 1 saturated carbocycles. The standard InChI is InChI=1S/C18H25NO5S/c1-18(2,3)24-17(22)19(4)12-7-9-13(10-8-12)23-16(21)15(20)14-6-5-11-25-14/h5-6,11-13H,7-10H2,1-4H3/t12-,13-. The van der Waals surface area contributed by atoms with Gasteiger partial charge in [0, 0.05) is 13.1 Å². The van der Waals surface area contributed by atoms with Gasteiger partial charge in [-0.25, -0.2) is 9.59 Å². The monoisotopic (exact) mass is 367 g/mol. The Kier molecular flexibility index (Phi) is 6.21. The number of carbonyl (C=O) groups excluding carboxylic acids is 3. The maximum Gasteiger partial charge on any atom is 0.410 e. The number of ether oxygens (including phenoxy) is 2. The summed E-state index contributed by atoms with van der Waals surface area (Å²) >= 11 is 1.22. The summed E-state index contributed by atoms with van der Waals surface area (Å²) in [6.07, 6.45) is 2.05. The Morgan fingerprint density at radius 1 is 1.16 bits per heavy atom. The summed E-state index contributed by atoms with van der Waals surface area (Å²) < 4.78 is 10.7. The van der Waals surface area contributed by atoms with Gasteiger partial charge in [-0.05, 0) is 57.9 Å². The Morgan fingerprint density at radius 3 is 2.32 bits per heavy atom. The van der Waals surface area contributed by atoms with Crippen LogP contribution in [0, 0.1) is 0 Å². The van der Waals surface area contributed by atoms with Gasteiger partial charge < -0.3 is 14.4 Å². The fraction of sp³-hybridized carbons (Fsp3) is 0.611. The van der Waals surface area contributed by atoms with Gasteiger partial charge in [0.25, 0.3) is 5.78 Å². The van der Waals surface area contributed by atoms with Crippen LogP contribution < -0.4 is 0 Å². The van der Waals surface area contributed by atoms with Gasteiger partial charge in [0.05, 0.1) is 4.88 Å². The maximum atomic E-state index is 12.1. The molecule has 25 heavy (non-hydrogen) atoms. The zero-order valence-electron chi connectivity index (χ0n) is 15.1. The van der Waals surface area contributed by atoms with Gasteiger partial charge in [-0.1, -0.05) is 6.07 Å². The molecule has 138 valence electrons. The van der Waals surface area contributed by atoms with Crippen molar-refractivity contribution >= 4 is 29.2 Å². The molecule has 1 fully saturated rings. The second-order valence-electron chi connectivity index (χ2n) is 7.23. The molecular weight excluding hydrogens is 342 g/mol. The lowest BCUT2D eigenvalue weighted by molar-refractivity contribution is -0.145. The van der Waals surface area contributed by atoms with Crippen molar-refractivity contribution in [3.05, 3.63) is 22.4 Å². The highest BCUT2D eigenvalue weighted by Crippen LogP contribution is 2.26. The number of nitrogens with zero attached hydrogens (tertiary/aromatic N) is 1. The first-order valence-electron chi connectivity index (χ1n) is 8.42. The summed E-state index contributed by atoms with van der Waals surface area (Å²) in [6, 6.07) is 3.39. The van der Waals surface area contributed by atoms with E-state index in [1.54, 1.807) is 29.5 Å². The van der Waals surface area contributed by atoms with Crippen LogP contribution in [0.4, 0.5) is 4.79 Å². The second-order valence-corrected chi connectivity index (χ2v) is 8.18. The maximum absolute atomic E-state index is 12.1. The Morgan fingerprint density at radius 2 is 1.80 bits per heavy atom. The molecule has 0 unspecified atom stereocenters. The van der Waals surface area contributed by atoms with Crippen LogP contribution in [0.15, 0.2) is 17.5 Å². The molecule has 1 aromatic rings. The van der Waals surface area contributed by atoms with Crippen molar-refractivity contribution in [2.75, 3.05) is 7.05 Å². The number of ketones is 1. The van der Waals surface area contributed by atoms with Crippen LogP contribution >= 0.6 is 11.3 Å². The molecule has 1 aromatic heterocycles. The SMILES string of the molecule is CN(C(=O)OC(C)(C)C)[C@H]1CC[C@H](OC(=O)C(=O)c2cccs2)CC1. The van der Waals surface area contributed by atoms with E-state index in [2.05, 4.69) is 0 Å². The van der Waals surface area contributed by atoms with E-state index in [1.807, 2.05) is 20.8 Å². The van der Waals surface area contributed by atoms with E-state index in [1.165, 1.54) is 11.3 Å². The van der Waals surface area contributed by atoms with Crippen molar-refractivity contribution in [1.29, 1.82) is 0 Å². The highest BCUT2D eigenvalue weighted by molar-refractivity contribution is 7.12. The number of Topliss-reactive ketones (excluding diaryl/α,β-unsaturated/α-hetero) is 1. The summed E-state index contributed by atoms with van der Waals surface area (Å²) in [7, 11) is 1.73. The van der Waals surface area contributed by atoms with Gasteiger partial charge in [0.2, 0.25) is 0 Å². The van der Waals surface area contributed by atoms with Crippen LogP contribution in [-0.2, 0) is 14.3 Å². The van der Waals surface area contributed by atoms with Crippen molar-refractivity contribution < 1.29 is 23.9 Å². The third-order valence-electron chi connectivity index (χ3n) is 4.08. The van der Waals surface area contributed by atoms with Gasteiger partial charge in [-0.3, -0.25) is 4.79 Å². The number of carbonyl (C=O) groups is 3. The van der Waals surface area contributed by atoms with E-state index in [9.17, 15) is 14.4 Å². The number of amides is 1. The molecule has 1 aliphatic carbocycles. The zero-order valence-corrected chi connectivity index (χ0v) is 15.9. The average Bonchev–Trinajstić information content (AvgIpc) is 3.07. The van der Waals surface area contributed by atoms with Crippen molar-refractivity contribution in [2.24, 2.45) is 0 Å². The van der Waals surface area contributed by atoms with Crippen molar-refractivity contribution in [3.8, 4) is 0 Å². The quantitative estimate of drug-likeness (QED) is 0.461. The molecule has 6 nitrogen and oxygen atoms in total. The molecule has 0 N–H and O–H groups in total. The number of hydrogen-bond donors (Lipinski definition) is 0. The average molecular weight is 367 g/mol. The first-order valence-corrected chi connectivity index (χ1v) is 9.30. The molecule has 0 atom stereocenters. The number of thiophene rings is 1. The summed E-state index contributed by atoms with van der Waals surface area (Å²) in [6.45, 7) is 5.50. The highest BCUT2D eigenvalue weighted by atomic mass is 32.1. The topological polar surface area (TPSA) is 72.9 Å². The molecule has 0 bridgehead atoms. The van der Waals surface area contributed by atoms with Crippen LogP contribution in [0.3, 0.4) is 0 Å². The van der Waals surface area contributed by atoms with E-state index in [0.29, 0.717) is 30.6 Å². The van der Waals surface area contributed by atoms with Crippen LogP contribution in [-0.4, -0.2) is 47.5 Å². The summed E-state index contributed by atoms with van der Waals surface area (Å²) in [5.74, 6) is -1.39. The first kappa shape index (κ1) is 19.4. The number of hydrogen-bond acceptors (Lipinski definition) is 6. The van der Waals surface area contributed by atoms with E-state index < -0.39 is 17.4 Å². The Hall–Kier alpha value is -1.89. The molecule has 2 rings (SSSR count). The lowest BCUT2D eigenvalue weighted by atomic mass is 9.92. The van der Waals surface area contributed by atoms with Crippen LogP contribution in [0.5, 0.6) is 0 Å². The minimum Gasteiger partial charge on any atom is -0.456 e. The third-order valence-corrected chi connectivity index (χ3v) is 4.95. The molecule has 0 aromatic carbocycles. The third kappa shape index (κ3) is 5.56.